The van der Waals surface area contributed by atoms with E-state index in [9.17, 15) is 0 Å². The molecule has 0 aliphatic rings. The number of rotatable bonds is 6. The molecule has 0 saturated carbocycles. The monoisotopic (exact) mass is 474 g/mol. The summed E-state index contributed by atoms with van der Waals surface area (Å²) in [5, 5.41) is 3.00. The van der Waals surface area contributed by atoms with Gasteiger partial charge in [0.15, 0.2) is 17.5 Å². The van der Waals surface area contributed by atoms with Gasteiger partial charge in [-0.15, -0.1) is 24.0 Å². The second-order valence-corrected chi connectivity index (χ2v) is 6.61. The number of nitrogens with zero attached hydrogens (tertiary/aromatic N) is 2. The number of methoxy groups -OCH3 is 2. The number of aromatic nitrogens is 1. The first-order chi connectivity index (χ1) is 11.8. The molecule has 0 aliphatic carbocycles. The van der Waals surface area contributed by atoms with Gasteiger partial charge in [0.25, 0.3) is 0 Å². The lowest BCUT2D eigenvalue weighted by Crippen LogP contribution is -2.31. The molecular weight excluding hydrogens is 447 g/mol. The zero-order valence-electron chi connectivity index (χ0n) is 15.8. The number of ether oxygens (including phenoxy) is 2. The van der Waals surface area contributed by atoms with Gasteiger partial charge in [0, 0.05) is 5.41 Å². The number of nitrogens with one attached hydrogen (secondary N) is 1. The molecule has 7 nitrogen and oxygen atoms in total. The Morgan fingerprint density at radius 3 is 2.50 bits per heavy atom. The molecule has 0 fully saturated rings. The predicted octanol–water partition coefficient (Wildman–Crippen LogP) is 3.21. The maximum atomic E-state index is 5.90. The first kappa shape index (κ1) is 22.1. The van der Waals surface area contributed by atoms with E-state index in [2.05, 4.69) is 36.1 Å². The fraction of sp³-hybridized carbons (Fsp3) is 0.444. The summed E-state index contributed by atoms with van der Waals surface area (Å²) in [5.41, 5.74) is 6.80. The van der Waals surface area contributed by atoms with E-state index in [0.717, 1.165) is 11.3 Å². The highest BCUT2D eigenvalue weighted by Gasteiger charge is 2.19. The largest absolute Gasteiger partial charge is 0.493 e. The lowest BCUT2D eigenvalue weighted by Gasteiger charge is -2.13. The summed E-state index contributed by atoms with van der Waals surface area (Å²) in [7, 11) is 3.20. The second kappa shape index (κ2) is 9.65. The lowest BCUT2D eigenvalue weighted by atomic mass is 9.94. The van der Waals surface area contributed by atoms with Crippen molar-refractivity contribution in [1.29, 1.82) is 0 Å². The summed E-state index contributed by atoms with van der Waals surface area (Å²) in [4.78, 5) is 8.56. The van der Waals surface area contributed by atoms with E-state index in [4.69, 9.17) is 19.6 Å². The standard InChI is InChI=1S/C18H26N4O3.HI/c1-18(2,3)15-10-20-16(25-15)11-22-17(19)21-9-12-6-7-13(23-4)14(8-12)24-5;/h6-8,10H,9,11H2,1-5H3,(H3,19,21,22);1H. The fourth-order valence-corrected chi connectivity index (χ4v) is 2.12. The van der Waals surface area contributed by atoms with Crippen LogP contribution in [0.25, 0.3) is 0 Å². The van der Waals surface area contributed by atoms with Crippen LogP contribution < -0.4 is 20.5 Å². The molecule has 26 heavy (non-hydrogen) atoms. The maximum Gasteiger partial charge on any atom is 0.213 e. The lowest BCUT2D eigenvalue weighted by molar-refractivity contribution is 0.354. The number of guanidine groups is 1. The van der Waals surface area contributed by atoms with Crippen LogP contribution in [0.15, 0.2) is 33.8 Å². The van der Waals surface area contributed by atoms with Gasteiger partial charge in [0.2, 0.25) is 5.89 Å². The molecule has 0 radical (unpaired) electrons. The number of oxazole rings is 1. The molecule has 0 atom stereocenters. The van der Waals surface area contributed by atoms with Gasteiger partial charge in [-0.1, -0.05) is 26.8 Å². The average Bonchev–Trinajstić information content (AvgIpc) is 3.07. The molecule has 144 valence electrons. The molecule has 0 spiro atoms. The molecule has 0 saturated heterocycles. The van der Waals surface area contributed by atoms with Crippen molar-refractivity contribution < 1.29 is 13.9 Å². The van der Waals surface area contributed by atoms with E-state index in [-0.39, 0.29) is 29.4 Å². The van der Waals surface area contributed by atoms with E-state index >= 15 is 0 Å². The Labute approximate surface area is 171 Å². The summed E-state index contributed by atoms with van der Waals surface area (Å²) >= 11 is 0. The smallest absolute Gasteiger partial charge is 0.213 e. The van der Waals surface area contributed by atoms with Gasteiger partial charge in [-0.2, -0.15) is 0 Å². The zero-order chi connectivity index (χ0) is 18.4. The normalized spacial score (nSPS) is 11.7. The third-order valence-electron chi connectivity index (χ3n) is 3.59. The molecule has 8 heteroatoms. The van der Waals surface area contributed by atoms with Crippen LogP contribution in [-0.2, 0) is 18.5 Å². The molecule has 1 aromatic heterocycles. The number of nitrogens with two attached hydrogens (primary N) is 1. The maximum absolute atomic E-state index is 5.90. The molecule has 0 bridgehead atoms. The molecule has 1 aromatic carbocycles. The van der Waals surface area contributed by atoms with E-state index in [1.807, 2.05) is 18.2 Å². The molecule has 2 rings (SSSR count). The molecular formula is C18H27IN4O3. The minimum absolute atomic E-state index is 0. The minimum atomic E-state index is -0.0711. The van der Waals surface area contributed by atoms with Crippen molar-refractivity contribution in [3.05, 3.63) is 41.6 Å². The predicted molar refractivity (Wildman–Crippen MR) is 112 cm³/mol. The summed E-state index contributed by atoms with van der Waals surface area (Å²) in [5.74, 6) is 3.08. The van der Waals surface area contributed by atoms with Crippen molar-refractivity contribution in [2.24, 2.45) is 10.7 Å². The summed E-state index contributed by atoms with van der Waals surface area (Å²) in [6.45, 7) is 7.03. The topological polar surface area (TPSA) is 94.9 Å². The van der Waals surface area contributed by atoms with Crippen molar-refractivity contribution in [3.63, 3.8) is 0 Å². The number of hydrogen-bond acceptors (Lipinski definition) is 5. The van der Waals surface area contributed by atoms with Crippen LogP contribution in [-0.4, -0.2) is 25.2 Å². The zero-order valence-corrected chi connectivity index (χ0v) is 18.2. The van der Waals surface area contributed by atoms with Gasteiger partial charge in [0.1, 0.15) is 5.76 Å². The van der Waals surface area contributed by atoms with Crippen LogP contribution in [0.3, 0.4) is 0 Å². The van der Waals surface area contributed by atoms with Crippen LogP contribution in [0.2, 0.25) is 0 Å². The van der Waals surface area contributed by atoms with Gasteiger partial charge >= 0.3 is 0 Å². The van der Waals surface area contributed by atoms with Crippen LogP contribution >= 0.6 is 24.0 Å². The summed E-state index contributed by atoms with van der Waals surface area (Å²) in [6, 6.07) is 5.63. The molecule has 0 amide bonds. The molecule has 0 unspecified atom stereocenters. The Bertz CT molecular complexity index is 738. The highest BCUT2D eigenvalue weighted by molar-refractivity contribution is 14.0. The number of aliphatic imine (C=N–C) groups is 1. The van der Waals surface area contributed by atoms with Crippen LogP contribution in [0, 0.1) is 0 Å². The first-order valence-corrected chi connectivity index (χ1v) is 8.03. The third kappa shape index (κ3) is 6.08. The Hall–Kier alpha value is -1.97. The number of halogens is 1. The molecule has 1 heterocycles. The first-order valence-electron chi connectivity index (χ1n) is 8.03. The van der Waals surface area contributed by atoms with E-state index in [0.29, 0.717) is 36.4 Å². The van der Waals surface area contributed by atoms with Crippen molar-refractivity contribution in [2.45, 2.75) is 39.3 Å². The highest BCUT2D eigenvalue weighted by Crippen LogP contribution is 2.27. The van der Waals surface area contributed by atoms with Crippen molar-refractivity contribution in [3.8, 4) is 11.5 Å². The van der Waals surface area contributed by atoms with Crippen molar-refractivity contribution in [1.82, 2.24) is 10.3 Å². The SMILES string of the molecule is COc1ccc(CN=C(N)NCc2ncc(C(C)(C)C)o2)cc1OC.I. The van der Waals surface area contributed by atoms with E-state index in [1.165, 1.54) is 0 Å². The summed E-state index contributed by atoms with van der Waals surface area (Å²) in [6.07, 6.45) is 1.74. The van der Waals surface area contributed by atoms with Crippen LogP contribution in [0.5, 0.6) is 11.5 Å². The average molecular weight is 474 g/mol. The minimum Gasteiger partial charge on any atom is -0.493 e. The van der Waals surface area contributed by atoms with Gasteiger partial charge < -0.3 is 24.9 Å². The van der Waals surface area contributed by atoms with Gasteiger partial charge in [-0.05, 0) is 17.7 Å². The number of benzene rings is 1. The van der Waals surface area contributed by atoms with E-state index in [1.54, 1.807) is 20.4 Å². The molecule has 0 aliphatic heterocycles. The quantitative estimate of drug-likeness (QED) is 0.380. The van der Waals surface area contributed by atoms with Gasteiger partial charge in [0.05, 0.1) is 33.5 Å². The molecule has 3 N–H and O–H groups in total. The van der Waals surface area contributed by atoms with Gasteiger partial charge in [-0.25, -0.2) is 9.98 Å². The summed E-state index contributed by atoms with van der Waals surface area (Å²) < 4.78 is 16.2. The molecule has 2 aromatic rings. The Kier molecular flexibility index (Phi) is 8.19. The third-order valence-corrected chi connectivity index (χ3v) is 3.59. The number of hydrogen-bond donors (Lipinski definition) is 2. The van der Waals surface area contributed by atoms with Crippen LogP contribution in [0.4, 0.5) is 0 Å². The van der Waals surface area contributed by atoms with E-state index < -0.39 is 0 Å². The highest BCUT2D eigenvalue weighted by atomic mass is 127. The Balaban J connectivity index is 0.00000338. The van der Waals surface area contributed by atoms with Crippen molar-refractivity contribution in [2.75, 3.05) is 14.2 Å². The Morgan fingerprint density at radius 2 is 1.92 bits per heavy atom. The Morgan fingerprint density at radius 1 is 1.23 bits per heavy atom. The van der Waals surface area contributed by atoms with Crippen LogP contribution in [0.1, 0.15) is 38.0 Å². The second-order valence-electron chi connectivity index (χ2n) is 6.61. The fourth-order valence-electron chi connectivity index (χ4n) is 2.12. The van der Waals surface area contributed by atoms with Crippen molar-refractivity contribution >= 4 is 29.9 Å². The van der Waals surface area contributed by atoms with Gasteiger partial charge in [-0.3, -0.25) is 0 Å².